The number of carbonyl (C=O) groups excluding carboxylic acids is 1. The fourth-order valence-corrected chi connectivity index (χ4v) is 1.87. The summed E-state index contributed by atoms with van der Waals surface area (Å²) in [5, 5.41) is 13.5. The number of nitrogens with zero attached hydrogens (tertiary/aromatic N) is 1. The number of amides is 1. The van der Waals surface area contributed by atoms with E-state index in [1.807, 2.05) is 30.3 Å². The van der Waals surface area contributed by atoms with Crippen LogP contribution in [-0.2, 0) is 4.79 Å². The zero-order valence-electron chi connectivity index (χ0n) is 11.4. The Kier molecular flexibility index (Phi) is 4.46. The fourth-order valence-electron chi connectivity index (χ4n) is 1.87. The average Bonchev–Trinajstić information content (AvgIpc) is 2.48. The highest BCUT2D eigenvalue weighted by Gasteiger charge is 2.13. The highest BCUT2D eigenvalue weighted by atomic mass is 16.6. The van der Waals surface area contributed by atoms with Crippen molar-refractivity contribution in [3.8, 4) is 0 Å². The standard InChI is InChI=1S/C16H14N2O3/c1-12-14(8-5-9-15(12)18(20)21)17-16(19)11-10-13-6-3-2-4-7-13/h2-11H,1H3,(H,17,19). The summed E-state index contributed by atoms with van der Waals surface area (Å²) in [6, 6.07) is 14.0. The first kappa shape index (κ1) is 14.5. The van der Waals surface area contributed by atoms with Crippen LogP contribution >= 0.6 is 0 Å². The fraction of sp³-hybridized carbons (Fsp3) is 0.0625. The SMILES string of the molecule is Cc1c(NC(=O)C=Cc2ccccc2)cccc1[N+](=O)[O-]. The van der Waals surface area contributed by atoms with Crippen molar-refractivity contribution in [2.75, 3.05) is 5.32 Å². The number of hydrogen-bond acceptors (Lipinski definition) is 3. The Morgan fingerprint density at radius 1 is 1.14 bits per heavy atom. The predicted octanol–water partition coefficient (Wildman–Crippen LogP) is 3.56. The van der Waals surface area contributed by atoms with Gasteiger partial charge in [0.25, 0.3) is 5.69 Å². The molecule has 5 heteroatoms. The summed E-state index contributed by atoms with van der Waals surface area (Å²) in [4.78, 5) is 22.2. The molecule has 2 aromatic carbocycles. The molecule has 0 fully saturated rings. The molecule has 1 amide bonds. The van der Waals surface area contributed by atoms with Crippen molar-refractivity contribution in [3.05, 3.63) is 75.8 Å². The monoisotopic (exact) mass is 282 g/mol. The number of nitrogens with one attached hydrogen (secondary N) is 1. The highest BCUT2D eigenvalue weighted by molar-refractivity contribution is 6.02. The van der Waals surface area contributed by atoms with Gasteiger partial charge in [0, 0.05) is 12.1 Å². The molecule has 1 N–H and O–H groups in total. The van der Waals surface area contributed by atoms with Gasteiger partial charge in [0.1, 0.15) is 0 Å². The molecule has 0 bridgehead atoms. The van der Waals surface area contributed by atoms with E-state index < -0.39 is 4.92 Å². The number of rotatable bonds is 4. The normalized spacial score (nSPS) is 10.5. The molecular weight excluding hydrogens is 268 g/mol. The van der Waals surface area contributed by atoms with Gasteiger partial charge in [-0.3, -0.25) is 14.9 Å². The van der Waals surface area contributed by atoms with Crippen LogP contribution in [0, 0.1) is 17.0 Å². The zero-order valence-corrected chi connectivity index (χ0v) is 11.4. The molecule has 2 aromatic rings. The summed E-state index contributed by atoms with van der Waals surface area (Å²) in [5.41, 5.74) is 1.76. The van der Waals surface area contributed by atoms with Gasteiger partial charge in [-0.15, -0.1) is 0 Å². The number of hydrogen-bond donors (Lipinski definition) is 1. The molecule has 0 saturated carbocycles. The van der Waals surface area contributed by atoms with Gasteiger partial charge in [-0.2, -0.15) is 0 Å². The van der Waals surface area contributed by atoms with Crippen molar-refractivity contribution in [1.82, 2.24) is 0 Å². The largest absolute Gasteiger partial charge is 0.322 e. The van der Waals surface area contributed by atoms with Crippen LogP contribution in [0.5, 0.6) is 0 Å². The third-order valence-corrected chi connectivity index (χ3v) is 2.99. The lowest BCUT2D eigenvalue weighted by molar-refractivity contribution is -0.385. The van der Waals surface area contributed by atoms with Crippen LogP contribution in [-0.4, -0.2) is 10.8 Å². The van der Waals surface area contributed by atoms with Gasteiger partial charge >= 0.3 is 0 Å². The van der Waals surface area contributed by atoms with Crippen LogP contribution in [0.15, 0.2) is 54.6 Å². The van der Waals surface area contributed by atoms with Gasteiger partial charge in [-0.05, 0) is 24.6 Å². The third-order valence-electron chi connectivity index (χ3n) is 2.99. The second kappa shape index (κ2) is 6.47. The summed E-state index contributed by atoms with van der Waals surface area (Å²) in [7, 11) is 0. The lowest BCUT2D eigenvalue weighted by atomic mass is 10.1. The van der Waals surface area contributed by atoms with Gasteiger partial charge in [-0.1, -0.05) is 36.4 Å². The number of benzene rings is 2. The summed E-state index contributed by atoms with van der Waals surface area (Å²) >= 11 is 0. The summed E-state index contributed by atoms with van der Waals surface area (Å²) < 4.78 is 0. The number of nitro benzene ring substituents is 1. The van der Waals surface area contributed by atoms with E-state index in [1.54, 1.807) is 25.1 Å². The van der Waals surface area contributed by atoms with Gasteiger partial charge in [0.15, 0.2) is 0 Å². The Balaban J connectivity index is 2.12. The van der Waals surface area contributed by atoms with Crippen LogP contribution in [0.25, 0.3) is 6.08 Å². The smallest absolute Gasteiger partial charge is 0.274 e. The maximum atomic E-state index is 11.9. The van der Waals surface area contributed by atoms with Gasteiger partial charge in [0.05, 0.1) is 16.2 Å². The van der Waals surface area contributed by atoms with Gasteiger partial charge in [-0.25, -0.2) is 0 Å². The Hall–Kier alpha value is -2.95. The van der Waals surface area contributed by atoms with Crippen molar-refractivity contribution in [1.29, 1.82) is 0 Å². The predicted molar refractivity (Wildman–Crippen MR) is 81.9 cm³/mol. The van der Waals surface area contributed by atoms with E-state index in [0.29, 0.717) is 11.3 Å². The molecule has 0 aliphatic rings. The summed E-state index contributed by atoms with van der Waals surface area (Å²) in [6.45, 7) is 1.61. The molecule has 2 rings (SSSR count). The molecule has 0 aliphatic carbocycles. The van der Waals surface area contributed by atoms with Crippen LogP contribution in [0.4, 0.5) is 11.4 Å². The van der Waals surface area contributed by atoms with Crippen LogP contribution in [0.1, 0.15) is 11.1 Å². The number of anilines is 1. The second-order valence-corrected chi connectivity index (χ2v) is 4.44. The molecule has 0 aromatic heterocycles. The molecule has 0 unspecified atom stereocenters. The minimum absolute atomic E-state index is 0.0140. The van der Waals surface area contributed by atoms with Crippen molar-refractivity contribution >= 4 is 23.4 Å². The summed E-state index contributed by atoms with van der Waals surface area (Å²) in [6.07, 6.45) is 3.08. The van der Waals surface area contributed by atoms with Crippen molar-refractivity contribution in [2.45, 2.75) is 6.92 Å². The molecule has 0 atom stereocenters. The first-order chi connectivity index (χ1) is 10.1. The molecule has 0 saturated heterocycles. The average molecular weight is 282 g/mol. The van der Waals surface area contributed by atoms with Crippen LogP contribution < -0.4 is 5.32 Å². The Morgan fingerprint density at radius 3 is 2.52 bits per heavy atom. The topological polar surface area (TPSA) is 72.2 Å². The maximum absolute atomic E-state index is 11.9. The first-order valence-electron chi connectivity index (χ1n) is 6.36. The van der Waals surface area contributed by atoms with Gasteiger partial charge in [0.2, 0.25) is 5.91 Å². The van der Waals surface area contributed by atoms with Crippen LogP contribution in [0.2, 0.25) is 0 Å². The van der Waals surface area contributed by atoms with E-state index in [2.05, 4.69) is 5.32 Å². The third kappa shape index (κ3) is 3.76. The molecule has 0 heterocycles. The molecule has 5 nitrogen and oxygen atoms in total. The first-order valence-corrected chi connectivity index (χ1v) is 6.36. The molecule has 0 aliphatic heterocycles. The molecule has 21 heavy (non-hydrogen) atoms. The van der Waals surface area contributed by atoms with E-state index in [9.17, 15) is 14.9 Å². The minimum atomic E-state index is -0.467. The van der Waals surface area contributed by atoms with Gasteiger partial charge < -0.3 is 5.32 Å². The lowest BCUT2D eigenvalue weighted by Gasteiger charge is -2.06. The van der Waals surface area contributed by atoms with Crippen molar-refractivity contribution in [3.63, 3.8) is 0 Å². The van der Waals surface area contributed by atoms with E-state index in [-0.39, 0.29) is 11.6 Å². The Labute approximate surface area is 122 Å². The molecule has 0 radical (unpaired) electrons. The minimum Gasteiger partial charge on any atom is -0.322 e. The molecule has 106 valence electrons. The summed E-state index contributed by atoms with van der Waals surface area (Å²) in [5.74, 6) is -0.331. The van der Waals surface area contributed by atoms with Crippen molar-refractivity contribution in [2.24, 2.45) is 0 Å². The quantitative estimate of drug-likeness (QED) is 0.529. The van der Waals surface area contributed by atoms with E-state index >= 15 is 0 Å². The van der Waals surface area contributed by atoms with Crippen molar-refractivity contribution < 1.29 is 9.72 Å². The highest BCUT2D eigenvalue weighted by Crippen LogP contribution is 2.24. The molecular formula is C16H14N2O3. The lowest BCUT2D eigenvalue weighted by Crippen LogP contribution is -2.09. The van der Waals surface area contributed by atoms with E-state index in [4.69, 9.17) is 0 Å². The molecule has 0 spiro atoms. The Bertz CT molecular complexity index is 694. The van der Waals surface area contributed by atoms with Crippen LogP contribution in [0.3, 0.4) is 0 Å². The second-order valence-electron chi connectivity index (χ2n) is 4.44. The number of carbonyl (C=O) groups is 1. The van der Waals surface area contributed by atoms with E-state index in [1.165, 1.54) is 12.1 Å². The maximum Gasteiger partial charge on any atom is 0.274 e. The number of nitro groups is 1. The zero-order chi connectivity index (χ0) is 15.2. The Morgan fingerprint density at radius 2 is 1.86 bits per heavy atom. The van der Waals surface area contributed by atoms with E-state index in [0.717, 1.165) is 5.56 Å².